The molecule has 0 spiro atoms. The zero-order valence-corrected chi connectivity index (χ0v) is 14.5. The summed E-state index contributed by atoms with van der Waals surface area (Å²) in [5.74, 6) is 0.863. The first-order valence-electron chi connectivity index (χ1n) is 6.34. The van der Waals surface area contributed by atoms with E-state index in [-0.39, 0.29) is 0 Å². The van der Waals surface area contributed by atoms with Crippen LogP contribution in [0.4, 0.5) is 0 Å². The number of nitrogens with zero attached hydrogens (tertiary/aromatic N) is 1. The molecule has 2 atom stereocenters. The van der Waals surface area contributed by atoms with E-state index < -0.39 is 10.0 Å². The number of hydrogen-bond donors (Lipinski definition) is 0. The maximum Gasteiger partial charge on any atom is 0.242 e. The van der Waals surface area contributed by atoms with Crippen molar-refractivity contribution in [3.63, 3.8) is 0 Å². The van der Waals surface area contributed by atoms with Crippen LogP contribution in [0.5, 0.6) is 0 Å². The molecule has 108 valence electrons. The molecule has 0 saturated carbocycles. The van der Waals surface area contributed by atoms with E-state index in [2.05, 4.69) is 36.7 Å². The third-order valence-electron chi connectivity index (χ3n) is 3.26. The predicted octanol–water partition coefficient (Wildman–Crippen LogP) is 3.46. The standard InChI is InChI=1S/C14H22BrNO2S/c1-10(2)14(11(3)15)12-6-8-13(9-7-12)19(17,18)16(4)5/h6-11,14H,1-5H3. The van der Waals surface area contributed by atoms with E-state index in [1.165, 1.54) is 4.31 Å². The third kappa shape index (κ3) is 3.80. The van der Waals surface area contributed by atoms with Crippen molar-refractivity contribution in [2.45, 2.75) is 36.4 Å². The lowest BCUT2D eigenvalue weighted by atomic mass is 9.86. The minimum Gasteiger partial charge on any atom is -0.207 e. The van der Waals surface area contributed by atoms with Gasteiger partial charge in [0.05, 0.1) is 4.90 Å². The average Bonchev–Trinajstić information content (AvgIpc) is 2.28. The van der Waals surface area contributed by atoms with Gasteiger partial charge in [-0.3, -0.25) is 0 Å². The van der Waals surface area contributed by atoms with Gasteiger partial charge in [-0.15, -0.1) is 0 Å². The molecule has 0 aliphatic carbocycles. The zero-order chi connectivity index (χ0) is 14.8. The number of benzene rings is 1. The van der Waals surface area contributed by atoms with E-state index in [1.807, 2.05) is 12.1 Å². The van der Waals surface area contributed by atoms with Crippen LogP contribution in [-0.4, -0.2) is 31.6 Å². The monoisotopic (exact) mass is 347 g/mol. The van der Waals surface area contributed by atoms with Gasteiger partial charge in [0.15, 0.2) is 0 Å². The summed E-state index contributed by atoms with van der Waals surface area (Å²) in [5.41, 5.74) is 1.16. The summed E-state index contributed by atoms with van der Waals surface area (Å²) < 4.78 is 25.2. The van der Waals surface area contributed by atoms with Crippen LogP contribution in [-0.2, 0) is 10.0 Å². The second kappa shape index (κ2) is 6.37. The van der Waals surface area contributed by atoms with Crippen molar-refractivity contribution in [3.05, 3.63) is 29.8 Å². The fourth-order valence-corrected chi connectivity index (χ4v) is 4.07. The summed E-state index contributed by atoms with van der Waals surface area (Å²) in [6.45, 7) is 6.47. The van der Waals surface area contributed by atoms with Crippen molar-refractivity contribution in [1.29, 1.82) is 0 Å². The van der Waals surface area contributed by atoms with Gasteiger partial charge in [0.1, 0.15) is 0 Å². The van der Waals surface area contributed by atoms with E-state index in [9.17, 15) is 8.42 Å². The number of hydrogen-bond acceptors (Lipinski definition) is 2. The summed E-state index contributed by atoms with van der Waals surface area (Å²) in [5, 5.41) is 0. The number of halogens is 1. The number of alkyl halides is 1. The maximum atomic E-state index is 12.0. The maximum absolute atomic E-state index is 12.0. The quantitative estimate of drug-likeness (QED) is 0.765. The Bertz CT molecular complexity index is 499. The molecule has 0 N–H and O–H groups in total. The summed E-state index contributed by atoms with van der Waals surface area (Å²) in [6, 6.07) is 7.21. The molecule has 3 nitrogen and oxygen atoms in total. The Labute approximate surface area is 125 Å². The van der Waals surface area contributed by atoms with Crippen LogP contribution < -0.4 is 0 Å². The van der Waals surface area contributed by atoms with Crippen LogP contribution in [0, 0.1) is 5.92 Å². The molecule has 0 amide bonds. The normalized spacial score (nSPS) is 15.8. The fraction of sp³-hybridized carbons (Fsp3) is 0.571. The van der Waals surface area contributed by atoms with Gasteiger partial charge in [-0.1, -0.05) is 48.8 Å². The molecule has 0 radical (unpaired) electrons. The van der Waals surface area contributed by atoms with Gasteiger partial charge in [0, 0.05) is 18.9 Å². The van der Waals surface area contributed by atoms with Crippen LogP contribution >= 0.6 is 15.9 Å². The Hall–Kier alpha value is -0.390. The molecule has 0 fully saturated rings. The van der Waals surface area contributed by atoms with Crippen molar-refractivity contribution >= 4 is 26.0 Å². The molecular formula is C14H22BrNO2S. The first kappa shape index (κ1) is 16.7. The fourth-order valence-electron chi connectivity index (χ4n) is 2.25. The highest BCUT2D eigenvalue weighted by Crippen LogP contribution is 2.32. The minimum absolute atomic E-state index is 0.339. The lowest BCUT2D eigenvalue weighted by molar-refractivity contribution is 0.498. The Morgan fingerprint density at radius 2 is 1.53 bits per heavy atom. The smallest absolute Gasteiger partial charge is 0.207 e. The molecule has 19 heavy (non-hydrogen) atoms. The molecule has 0 aliphatic heterocycles. The van der Waals surface area contributed by atoms with Gasteiger partial charge < -0.3 is 0 Å². The number of rotatable bonds is 5. The summed E-state index contributed by atoms with van der Waals surface area (Å²) in [7, 11) is -0.253. The van der Waals surface area contributed by atoms with Crippen molar-refractivity contribution in [1.82, 2.24) is 4.31 Å². The average molecular weight is 348 g/mol. The van der Waals surface area contributed by atoms with Crippen LogP contribution in [0.1, 0.15) is 32.3 Å². The van der Waals surface area contributed by atoms with Gasteiger partial charge in [-0.2, -0.15) is 0 Å². The van der Waals surface area contributed by atoms with Crippen LogP contribution in [0.25, 0.3) is 0 Å². The Balaban J connectivity index is 3.12. The first-order valence-corrected chi connectivity index (χ1v) is 8.70. The van der Waals surface area contributed by atoms with Gasteiger partial charge in [-0.25, -0.2) is 12.7 Å². The largest absolute Gasteiger partial charge is 0.242 e. The highest BCUT2D eigenvalue weighted by Gasteiger charge is 2.22. The Morgan fingerprint density at radius 1 is 1.05 bits per heavy atom. The molecule has 0 bridgehead atoms. The van der Waals surface area contributed by atoms with Crippen molar-refractivity contribution < 1.29 is 8.42 Å². The summed E-state index contributed by atoms with van der Waals surface area (Å²) >= 11 is 3.63. The van der Waals surface area contributed by atoms with Gasteiger partial charge in [-0.05, 0) is 29.5 Å². The van der Waals surface area contributed by atoms with Crippen LogP contribution in [0.2, 0.25) is 0 Å². The van der Waals surface area contributed by atoms with E-state index in [0.29, 0.717) is 21.6 Å². The van der Waals surface area contributed by atoms with E-state index in [0.717, 1.165) is 5.56 Å². The van der Waals surface area contributed by atoms with Crippen LogP contribution in [0.3, 0.4) is 0 Å². The highest BCUT2D eigenvalue weighted by atomic mass is 79.9. The van der Waals surface area contributed by atoms with Crippen molar-refractivity contribution in [2.75, 3.05) is 14.1 Å². The van der Waals surface area contributed by atoms with E-state index in [1.54, 1.807) is 26.2 Å². The second-order valence-electron chi connectivity index (χ2n) is 5.30. The lowest BCUT2D eigenvalue weighted by Crippen LogP contribution is -2.22. The van der Waals surface area contributed by atoms with Gasteiger partial charge >= 0.3 is 0 Å². The molecule has 1 rings (SSSR count). The molecule has 5 heteroatoms. The number of sulfonamides is 1. The summed E-state index contributed by atoms with van der Waals surface area (Å²) in [6.07, 6.45) is 0. The molecule has 0 heterocycles. The SMILES string of the molecule is CC(C)C(c1ccc(S(=O)(=O)N(C)C)cc1)C(C)Br. The van der Waals surface area contributed by atoms with E-state index in [4.69, 9.17) is 0 Å². The summed E-state index contributed by atoms with van der Waals surface area (Å²) in [4.78, 5) is 0.690. The highest BCUT2D eigenvalue weighted by molar-refractivity contribution is 9.09. The molecule has 2 unspecified atom stereocenters. The van der Waals surface area contributed by atoms with E-state index >= 15 is 0 Å². The van der Waals surface area contributed by atoms with Gasteiger partial charge in [0.2, 0.25) is 10.0 Å². The first-order chi connectivity index (χ1) is 8.67. The van der Waals surface area contributed by atoms with Gasteiger partial charge in [0.25, 0.3) is 0 Å². The molecule has 0 aliphatic rings. The second-order valence-corrected chi connectivity index (χ2v) is 8.90. The molecule has 1 aromatic carbocycles. The third-order valence-corrected chi connectivity index (χ3v) is 5.66. The lowest BCUT2D eigenvalue weighted by Gasteiger charge is -2.24. The minimum atomic E-state index is -3.34. The molecule has 0 saturated heterocycles. The predicted molar refractivity (Wildman–Crippen MR) is 83.3 cm³/mol. The molecule has 1 aromatic rings. The van der Waals surface area contributed by atoms with Crippen molar-refractivity contribution in [2.24, 2.45) is 5.92 Å². The van der Waals surface area contributed by atoms with Crippen LogP contribution in [0.15, 0.2) is 29.2 Å². The zero-order valence-electron chi connectivity index (χ0n) is 12.1. The Morgan fingerprint density at radius 3 is 1.84 bits per heavy atom. The molecule has 0 aromatic heterocycles. The topological polar surface area (TPSA) is 37.4 Å². The molecular weight excluding hydrogens is 326 g/mol. The van der Waals surface area contributed by atoms with Crippen molar-refractivity contribution in [3.8, 4) is 0 Å². The Kier molecular flexibility index (Phi) is 5.59.